The number of nitrogens with two attached hydrogens (primary N) is 1. The lowest BCUT2D eigenvalue weighted by atomic mass is 10.0. The number of nitrogens with zero attached hydrogens (tertiary/aromatic N) is 1. The number of halogens is 3. The number of benzene rings is 2. The highest BCUT2D eigenvalue weighted by molar-refractivity contribution is 5.87. The third kappa shape index (κ3) is 3.81. The average Bonchev–Trinajstić information content (AvgIpc) is 2.75. The molecule has 0 aliphatic carbocycles. The Kier molecular flexibility index (Phi) is 5.09. The summed E-state index contributed by atoms with van der Waals surface area (Å²) in [5, 5.41) is 6.62. The van der Waals surface area contributed by atoms with Crippen LogP contribution in [0.1, 0.15) is 18.1 Å². The van der Waals surface area contributed by atoms with Crippen molar-refractivity contribution in [1.82, 2.24) is 4.98 Å². The van der Waals surface area contributed by atoms with Gasteiger partial charge in [-0.3, -0.25) is 5.84 Å². The topological polar surface area (TPSA) is 75.0 Å². The van der Waals surface area contributed by atoms with E-state index in [9.17, 15) is 13.2 Å². The van der Waals surface area contributed by atoms with E-state index in [-0.39, 0.29) is 11.3 Å². The predicted molar refractivity (Wildman–Crippen MR) is 114 cm³/mol. The Balaban J connectivity index is 1.79. The van der Waals surface area contributed by atoms with E-state index >= 15 is 0 Å². The van der Waals surface area contributed by atoms with Crippen LogP contribution in [-0.4, -0.2) is 11.5 Å². The van der Waals surface area contributed by atoms with Crippen molar-refractivity contribution >= 4 is 22.9 Å². The Bertz CT molecular complexity index is 1120. The number of nitrogens with one attached hydrogen (secondary N) is 3. The van der Waals surface area contributed by atoms with Crippen LogP contribution >= 0.6 is 0 Å². The number of nitrogen functional groups attached to an aromatic ring is 1. The zero-order valence-corrected chi connectivity index (χ0v) is 16.1. The van der Waals surface area contributed by atoms with Gasteiger partial charge in [-0.25, -0.2) is 4.98 Å². The van der Waals surface area contributed by atoms with E-state index in [1.54, 1.807) is 12.1 Å². The van der Waals surface area contributed by atoms with Crippen molar-refractivity contribution in [2.75, 3.05) is 22.6 Å². The summed E-state index contributed by atoms with van der Waals surface area (Å²) >= 11 is 0. The van der Waals surface area contributed by atoms with Gasteiger partial charge in [0.15, 0.2) is 0 Å². The summed E-state index contributed by atoms with van der Waals surface area (Å²) in [6, 6.07) is 16.3. The molecule has 8 heteroatoms. The third-order valence-corrected chi connectivity index (χ3v) is 4.92. The SMILES string of the molecule is CC1=C(Nc2cc(NN)cc(-c3ccccc3C(F)(F)F)n2)c2ccccc2NC1. The van der Waals surface area contributed by atoms with Crippen LogP contribution in [0, 0.1) is 0 Å². The number of hydrogen-bond acceptors (Lipinski definition) is 5. The molecule has 3 aromatic rings. The molecule has 1 aliphatic heterocycles. The molecule has 2 heterocycles. The Morgan fingerprint density at radius 3 is 2.43 bits per heavy atom. The van der Waals surface area contributed by atoms with E-state index in [1.807, 2.05) is 31.2 Å². The van der Waals surface area contributed by atoms with E-state index in [0.29, 0.717) is 18.1 Å². The molecule has 0 saturated heterocycles. The zero-order chi connectivity index (χ0) is 21.3. The first-order valence-corrected chi connectivity index (χ1v) is 9.32. The minimum atomic E-state index is -4.49. The molecule has 2 aromatic carbocycles. The van der Waals surface area contributed by atoms with Crippen LogP contribution in [-0.2, 0) is 6.18 Å². The standard InChI is InChI=1S/C22H20F3N5/c1-13-12-27-18-9-5-3-7-16(18)21(13)29-20-11-14(30-26)10-19(28-20)15-6-2-4-8-17(15)22(23,24)25/h2-11,27H,12,26H2,1H3,(H2,28,29,30). The van der Waals surface area contributed by atoms with E-state index in [4.69, 9.17) is 5.84 Å². The van der Waals surface area contributed by atoms with Gasteiger partial charge >= 0.3 is 6.18 Å². The van der Waals surface area contributed by atoms with Crippen LogP contribution in [0.25, 0.3) is 17.0 Å². The molecule has 5 nitrogen and oxygen atoms in total. The average molecular weight is 411 g/mol. The van der Waals surface area contributed by atoms with Crippen LogP contribution in [0.5, 0.6) is 0 Å². The molecule has 1 aliphatic rings. The Morgan fingerprint density at radius 1 is 1.00 bits per heavy atom. The lowest BCUT2D eigenvalue weighted by Crippen LogP contribution is -2.17. The lowest BCUT2D eigenvalue weighted by molar-refractivity contribution is -0.137. The molecule has 1 aromatic heterocycles. The van der Waals surface area contributed by atoms with Crippen LogP contribution in [0.2, 0.25) is 0 Å². The van der Waals surface area contributed by atoms with Crippen molar-refractivity contribution < 1.29 is 13.2 Å². The van der Waals surface area contributed by atoms with Crippen LogP contribution in [0.3, 0.4) is 0 Å². The molecule has 0 fully saturated rings. The number of pyridine rings is 1. The molecule has 0 saturated carbocycles. The number of anilines is 3. The van der Waals surface area contributed by atoms with Gasteiger partial charge in [0.2, 0.25) is 0 Å². The van der Waals surface area contributed by atoms with Crippen molar-refractivity contribution in [2.45, 2.75) is 13.1 Å². The first kappa shape index (κ1) is 19.8. The van der Waals surface area contributed by atoms with Gasteiger partial charge < -0.3 is 16.1 Å². The van der Waals surface area contributed by atoms with Crippen LogP contribution in [0.15, 0.2) is 66.2 Å². The van der Waals surface area contributed by atoms with Gasteiger partial charge in [-0.2, -0.15) is 13.2 Å². The molecular weight excluding hydrogens is 391 g/mol. The maximum atomic E-state index is 13.5. The summed E-state index contributed by atoms with van der Waals surface area (Å²) in [5.74, 6) is 5.97. The highest BCUT2D eigenvalue weighted by Gasteiger charge is 2.33. The minimum Gasteiger partial charge on any atom is -0.381 e. The number of para-hydroxylation sites is 1. The largest absolute Gasteiger partial charge is 0.417 e. The molecule has 4 rings (SSSR count). The van der Waals surface area contributed by atoms with Crippen molar-refractivity contribution in [3.05, 3.63) is 77.4 Å². The van der Waals surface area contributed by atoms with Crippen LogP contribution < -0.4 is 21.9 Å². The van der Waals surface area contributed by atoms with Gasteiger partial charge in [0, 0.05) is 35.1 Å². The maximum absolute atomic E-state index is 13.5. The number of hydrogen-bond donors (Lipinski definition) is 4. The molecule has 0 unspecified atom stereocenters. The summed E-state index contributed by atoms with van der Waals surface area (Å²) in [6.07, 6.45) is -4.49. The van der Waals surface area contributed by atoms with Gasteiger partial charge in [-0.15, -0.1) is 0 Å². The normalized spacial score (nSPS) is 13.5. The van der Waals surface area contributed by atoms with Crippen LogP contribution in [0.4, 0.5) is 30.4 Å². The van der Waals surface area contributed by atoms with Crippen molar-refractivity contribution in [3.8, 4) is 11.3 Å². The van der Waals surface area contributed by atoms with Crippen molar-refractivity contribution in [1.29, 1.82) is 0 Å². The Hall–Kier alpha value is -3.52. The number of alkyl halides is 3. The molecule has 0 bridgehead atoms. The van der Waals surface area contributed by atoms with Crippen molar-refractivity contribution in [3.63, 3.8) is 0 Å². The predicted octanol–water partition coefficient (Wildman–Crippen LogP) is 5.32. The summed E-state index contributed by atoms with van der Waals surface area (Å²) in [7, 11) is 0. The number of rotatable bonds is 4. The quantitative estimate of drug-likeness (QED) is 0.345. The highest BCUT2D eigenvalue weighted by Crippen LogP contribution is 2.38. The molecule has 5 N–H and O–H groups in total. The van der Waals surface area contributed by atoms with Gasteiger partial charge in [0.25, 0.3) is 0 Å². The molecule has 154 valence electrons. The molecule has 0 atom stereocenters. The van der Waals surface area contributed by atoms with Gasteiger partial charge in [0.05, 0.1) is 16.9 Å². The van der Waals surface area contributed by atoms with Gasteiger partial charge in [-0.1, -0.05) is 36.4 Å². The summed E-state index contributed by atoms with van der Waals surface area (Å²) in [4.78, 5) is 4.47. The fraction of sp³-hybridized carbons (Fsp3) is 0.136. The maximum Gasteiger partial charge on any atom is 0.417 e. The fourth-order valence-electron chi connectivity index (χ4n) is 3.47. The molecule has 0 amide bonds. The van der Waals surface area contributed by atoms with E-state index in [0.717, 1.165) is 28.6 Å². The first-order valence-electron chi connectivity index (χ1n) is 9.32. The third-order valence-electron chi connectivity index (χ3n) is 4.92. The second kappa shape index (κ2) is 7.72. The zero-order valence-electron chi connectivity index (χ0n) is 16.1. The van der Waals surface area contributed by atoms with Gasteiger partial charge in [-0.05, 0) is 30.7 Å². The Labute approximate surface area is 171 Å². The fourth-order valence-corrected chi connectivity index (χ4v) is 3.47. The van der Waals surface area contributed by atoms with Gasteiger partial charge in [0.1, 0.15) is 5.82 Å². The Morgan fingerprint density at radius 2 is 1.70 bits per heavy atom. The molecular formula is C22H20F3N5. The molecule has 0 radical (unpaired) electrons. The lowest BCUT2D eigenvalue weighted by Gasteiger charge is -2.24. The van der Waals surface area contributed by atoms with E-state index in [1.165, 1.54) is 18.2 Å². The number of hydrazine groups is 1. The summed E-state index contributed by atoms with van der Waals surface area (Å²) in [6.45, 7) is 2.63. The molecule has 0 spiro atoms. The highest BCUT2D eigenvalue weighted by atomic mass is 19.4. The minimum absolute atomic E-state index is 0.0124. The molecule has 30 heavy (non-hydrogen) atoms. The van der Waals surface area contributed by atoms with E-state index < -0.39 is 11.7 Å². The summed E-state index contributed by atoms with van der Waals surface area (Å²) in [5.41, 5.74) is 6.22. The number of aromatic nitrogens is 1. The number of fused-ring (bicyclic) bond motifs is 1. The second-order valence-electron chi connectivity index (χ2n) is 6.99. The monoisotopic (exact) mass is 411 g/mol. The smallest absolute Gasteiger partial charge is 0.381 e. The van der Waals surface area contributed by atoms with E-state index in [2.05, 4.69) is 21.0 Å². The van der Waals surface area contributed by atoms with Crippen molar-refractivity contribution in [2.24, 2.45) is 5.84 Å². The summed E-state index contributed by atoms with van der Waals surface area (Å²) < 4.78 is 40.5. The second-order valence-corrected chi connectivity index (χ2v) is 6.99. The first-order chi connectivity index (χ1) is 14.4.